The summed E-state index contributed by atoms with van der Waals surface area (Å²) in [7, 11) is 3.11. The van der Waals surface area contributed by atoms with Gasteiger partial charge in [0.2, 0.25) is 0 Å². The normalized spacial score (nSPS) is 20.3. The third-order valence-electron chi connectivity index (χ3n) is 3.99. The molecule has 0 bridgehead atoms. The fraction of sp³-hybridized carbons (Fsp3) is 0.556. The number of methoxy groups -OCH3 is 1. The molecule has 1 fully saturated rings. The van der Waals surface area contributed by atoms with Crippen molar-refractivity contribution >= 4 is 17.7 Å². The van der Waals surface area contributed by atoms with Crippen molar-refractivity contribution in [1.29, 1.82) is 0 Å². The van der Waals surface area contributed by atoms with Crippen molar-refractivity contribution in [2.24, 2.45) is 0 Å². The molecule has 1 heterocycles. The lowest BCUT2D eigenvalue weighted by molar-refractivity contribution is 0.0219. The first kappa shape index (κ1) is 19.0. The number of carbonyl (C=O) groups is 2. The van der Waals surface area contributed by atoms with E-state index in [1.165, 1.54) is 12.0 Å². The van der Waals surface area contributed by atoms with Crippen molar-refractivity contribution in [2.45, 2.75) is 45.1 Å². The number of hydrogen-bond acceptors (Lipinski definition) is 5. The summed E-state index contributed by atoms with van der Waals surface area (Å²) in [5.74, 6) is -0.422. The quantitative estimate of drug-likeness (QED) is 0.782. The summed E-state index contributed by atoms with van der Waals surface area (Å²) in [5.41, 5.74) is 0.551. The molecule has 1 aromatic carbocycles. The molecule has 1 amide bonds. The van der Waals surface area contributed by atoms with Crippen LogP contribution in [0, 0.1) is 0 Å². The molecule has 2 atom stereocenters. The maximum atomic E-state index is 14.0. The first-order valence-corrected chi connectivity index (χ1v) is 8.17. The Morgan fingerprint density at radius 2 is 1.84 bits per heavy atom. The number of ether oxygens (including phenoxy) is 2. The number of amides is 1. The van der Waals surface area contributed by atoms with Crippen molar-refractivity contribution < 1.29 is 23.5 Å². The van der Waals surface area contributed by atoms with E-state index in [9.17, 15) is 14.0 Å². The topological polar surface area (TPSA) is 59.1 Å². The monoisotopic (exact) mass is 352 g/mol. The highest BCUT2D eigenvalue weighted by molar-refractivity contribution is 5.89. The van der Waals surface area contributed by atoms with Crippen LogP contribution in [0.15, 0.2) is 24.3 Å². The number of likely N-dealkylation sites (tertiary alicyclic amines) is 1. The van der Waals surface area contributed by atoms with Crippen LogP contribution < -0.4 is 4.90 Å². The molecular weight excluding hydrogens is 327 g/mol. The van der Waals surface area contributed by atoms with Crippen molar-refractivity contribution in [3.63, 3.8) is 0 Å². The number of halogens is 1. The van der Waals surface area contributed by atoms with Crippen molar-refractivity contribution in [1.82, 2.24) is 4.90 Å². The van der Waals surface area contributed by atoms with Crippen LogP contribution in [0.1, 0.15) is 37.6 Å². The fourth-order valence-corrected chi connectivity index (χ4v) is 2.77. The van der Waals surface area contributed by atoms with Crippen molar-refractivity contribution in [3.8, 4) is 0 Å². The molecular formula is C18H25FN2O4. The van der Waals surface area contributed by atoms with E-state index in [0.29, 0.717) is 5.56 Å². The molecule has 138 valence electrons. The zero-order valence-electron chi connectivity index (χ0n) is 15.3. The predicted molar refractivity (Wildman–Crippen MR) is 92.4 cm³/mol. The summed E-state index contributed by atoms with van der Waals surface area (Å²) in [6.45, 7) is 5.33. The molecule has 2 rings (SSSR count). The van der Waals surface area contributed by atoms with E-state index in [-0.39, 0.29) is 13.0 Å². The smallest absolute Gasteiger partial charge is 0.412 e. The van der Waals surface area contributed by atoms with Gasteiger partial charge in [0.25, 0.3) is 0 Å². The Bertz CT molecular complexity index is 627. The number of carbonyl (C=O) groups excluding carboxylic acids is 2. The summed E-state index contributed by atoms with van der Waals surface area (Å²) in [4.78, 5) is 27.1. The molecule has 0 radical (unpaired) electrons. The third-order valence-corrected chi connectivity index (χ3v) is 3.99. The van der Waals surface area contributed by atoms with Gasteiger partial charge >= 0.3 is 12.1 Å². The minimum atomic E-state index is -1.10. The second-order valence-corrected chi connectivity index (χ2v) is 7.10. The van der Waals surface area contributed by atoms with Gasteiger partial charge in [-0.15, -0.1) is 0 Å². The maximum Gasteiger partial charge on any atom is 0.412 e. The molecule has 0 aromatic heterocycles. The van der Waals surface area contributed by atoms with Gasteiger partial charge in [0.1, 0.15) is 17.9 Å². The highest BCUT2D eigenvalue weighted by Gasteiger charge is 2.40. The number of rotatable bonds is 3. The van der Waals surface area contributed by atoms with Gasteiger partial charge in [0.15, 0.2) is 0 Å². The van der Waals surface area contributed by atoms with E-state index in [2.05, 4.69) is 4.74 Å². The first-order valence-electron chi connectivity index (χ1n) is 8.17. The Morgan fingerprint density at radius 3 is 2.36 bits per heavy atom. The van der Waals surface area contributed by atoms with E-state index < -0.39 is 30.0 Å². The van der Waals surface area contributed by atoms with Gasteiger partial charge in [-0.25, -0.2) is 14.0 Å². The van der Waals surface area contributed by atoms with Crippen LogP contribution in [0.5, 0.6) is 0 Å². The van der Waals surface area contributed by atoms with Crippen LogP contribution in [0.2, 0.25) is 0 Å². The SMILES string of the molecule is COC(=O)c1ccc(N(C)C2CC(F)CN2C(=O)OC(C)(C)C)cc1. The Hall–Kier alpha value is -2.31. The molecule has 6 nitrogen and oxygen atoms in total. The van der Waals surface area contributed by atoms with Gasteiger partial charge in [0.05, 0.1) is 19.2 Å². The molecule has 0 aliphatic carbocycles. The number of anilines is 1. The highest BCUT2D eigenvalue weighted by Crippen LogP contribution is 2.28. The lowest BCUT2D eigenvalue weighted by atomic mass is 10.2. The minimum Gasteiger partial charge on any atom is -0.465 e. The molecule has 2 unspecified atom stereocenters. The van der Waals surface area contributed by atoms with Crippen LogP contribution in [0.25, 0.3) is 0 Å². The average molecular weight is 352 g/mol. The third kappa shape index (κ3) is 4.61. The molecule has 1 aliphatic heterocycles. The summed E-state index contributed by atoms with van der Waals surface area (Å²) in [5, 5.41) is 0. The lowest BCUT2D eigenvalue weighted by Crippen LogP contribution is -2.47. The van der Waals surface area contributed by atoms with E-state index >= 15 is 0 Å². The predicted octanol–water partition coefficient (Wildman–Crippen LogP) is 3.21. The Balaban J connectivity index is 2.16. The Morgan fingerprint density at radius 1 is 1.24 bits per heavy atom. The summed E-state index contributed by atoms with van der Waals surface area (Å²) in [6, 6.07) is 6.75. The van der Waals surface area contributed by atoms with Crippen LogP contribution in [0.3, 0.4) is 0 Å². The van der Waals surface area contributed by atoms with E-state index in [0.717, 1.165) is 5.69 Å². The zero-order chi connectivity index (χ0) is 18.8. The highest BCUT2D eigenvalue weighted by atomic mass is 19.1. The minimum absolute atomic E-state index is 0.00413. The number of benzene rings is 1. The molecule has 0 spiro atoms. The fourth-order valence-electron chi connectivity index (χ4n) is 2.77. The lowest BCUT2D eigenvalue weighted by Gasteiger charge is -2.34. The van der Waals surface area contributed by atoms with Gasteiger partial charge < -0.3 is 14.4 Å². The van der Waals surface area contributed by atoms with Crippen LogP contribution >= 0.6 is 0 Å². The van der Waals surface area contributed by atoms with E-state index in [1.54, 1.807) is 52.1 Å². The van der Waals surface area contributed by atoms with E-state index in [4.69, 9.17) is 4.74 Å². The van der Waals surface area contributed by atoms with Crippen molar-refractivity contribution in [2.75, 3.05) is 25.6 Å². The second-order valence-electron chi connectivity index (χ2n) is 7.10. The van der Waals surface area contributed by atoms with Crippen LogP contribution in [-0.2, 0) is 9.47 Å². The number of esters is 1. The van der Waals surface area contributed by atoms with Crippen LogP contribution in [0.4, 0.5) is 14.9 Å². The average Bonchev–Trinajstić information content (AvgIpc) is 2.94. The van der Waals surface area contributed by atoms with Crippen LogP contribution in [-0.4, -0.2) is 55.6 Å². The first-order chi connectivity index (χ1) is 11.6. The largest absolute Gasteiger partial charge is 0.465 e. The molecule has 1 saturated heterocycles. The molecule has 0 N–H and O–H groups in total. The molecule has 7 heteroatoms. The number of hydrogen-bond donors (Lipinski definition) is 0. The standard InChI is InChI=1S/C18H25FN2O4/c1-18(2,3)25-17(23)21-11-13(19)10-15(21)20(4)14-8-6-12(7-9-14)16(22)24-5/h6-9,13,15H,10-11H2,1-5H3. The molecule has 1 aliphatic rings. The van der Waals surface area contributed by atoms with Gasteiger partial charge in [-0.05, 0) is 45.0 Å². The maximum absolute atomic E-state index is 14.0. The second kappa shape index (κ2) is 7.29. The Kier molecular flexibility index (Phi) is 5.55. The molecule has 0 saturated carbocycles. The van der Waals surface area contributed by atoms with E-state index in [1.807, 2.05) is 4.90 Å². The summed E-state index contributed by atoms with van der Waals surface area (Å²) in [6.07, 6.45) is -1.88. The molecule has 1 aromatic rings. The zero-order valence-corrected chi connectivity index (χ0v) is 15.3. The number of alkyl halides is 1. The number of nitrogens with zero attached hydrogens (tertiary/aromatic N) is 2. The van der Waals surface area contributed by atoms with Gasteiger partial charge in [0, 0.05) is 19.2 Å². The van der Waals surface area contributed by atoms with Gasteiger partial charge in [-0.2, -0.15) is 0 Å². The van der Waals surface area contributed by atoms with Crippen molar-refractivity contribution in [3.05, 3.63) is 29.8 Å². The summed E-state index contributed by atoms with van der Waals surface area (Å²) >= 11 is 0. The summed E-state index contributed by atoms with van der Waals surface area (Å²) < 4.78 is 24.0. The van der Waals surface area contributed by atoms with Gasteiger partial charge in [-0.1, -0.05) is 0 Å². The molecule has 25 heavy (non-hydrogen) atoms. The Labute approximate surface area is 147 Å². The van der Waals surface area contributed by atoms with Gasteiger partial charge in [-0.3, -0.25) is 4.90 Å².